The van der Waals surface area contributed by atoms with Crippen LogP contribution in [0.5, 0.6) is 0 Å². The smallest absolute Gasteiger partial charge is 0.191 e. The summed E-state index contributed by atoms with van der Waals surface area (Å²) in [7, 11) is 3.44. The molecule has 4 rings (SSSR count). The number of methoxy groups -OCH3 is 1. The van der Waals surface area contributed by atoms with E-state index in [4.69, 9.17) is 4.74 Å². The number of aryl methyl sites for hydroxylation is 1. The summed E-state index contributed by atoms with van der Waals surface area (Å²) in [5, 5.41) is 15.9. The quantitative estimate of drug-likeness (QED) is 0.184. The zero-order valence-corrected chi connectivity index (χ0v) is 20.2. The van der Waals surface area contributed by atoms with Crippen molar-refractivity contribution in [2.75, 3.05) is 32.6 Å². The Morgan fingerprint density at radius 3 is 2.90 bits per heavy atom. The number of aromatic nitrogens is 4. The molecule has 1 atom stereocenters. The molecule has 0 bridgehead atoms. The van der Waals surface area contributed by atoms with E-state index in [9.17, 15) is 0 Å². The van der Waals surface area contributed by atoms with Crippen molar-refractivity contribution in [2.45, 2.75) is 32.0 Å². The molecule has 0 spiro atoms. The first-order valence-electron chi connectivity index (χ1n) is 10.2. The molecule has 3 N–H and O–H groups in total. The Balaban J connectivity index is 0.00000272. The number of para-hydroxylation sites is 1. The molecular weight excluding hydrogens is 507 g/mol. The summed E-state index contributed by atoms with van der Waals surface area (Å²) in [6, 6.07) is 12.5. The third-order valence-corrected chi connectivity index (χ3v) is 5.06. The van der Waals surface area contributed by atoms with Crippen LogP contribution in [0.1, 0.15) is 18.1 Å². The van der Waals surface area contributed by atoms with Crippen LogP contribution in [0.4, 0.5) is 5.82 Å². The van der Waals surface area contributed by atoms with E-state index in [1.54, 1.807) is 14.2 Å². The molecule has 10 heteroatoms. The third-order valence-electron chi connectivity index (χ3n) is 5.06. The van der Waals surface area contributed by atoms with Crippen molar-refractivity contribution in [1.82, 2.24) is 30.4 Å². The van der Waals surface area contributed by atoms with Crippen LogP contribution in [0, 0.1) is 0 Å². The Hall–Kier alpha value is -2.47. The number of fused-ring (bicyclic) bond motifs is 2. The van der Waals surface area contributed by atoms with Crippen LogP contribution in [-0.4, -0.2) is 59.0 Å². The molecule has 0 amide bonds. The molecule has 0 fully saturated rings. The van der Waals surface area contributed by atoms with E-state index in [1.165, 1.54) is 0 Å². The van der Waals surface area contributed by atoms with Gasteiger partial charge in [0.2, 0.25) is 0 Å². The fourth-order valence-corrected chi connectivity index (χ4v) is 3.59. The summed E-state index contributed by atoms with van der Waals surface area (Å²) in [5.74, 6) is 3.42. The van der Waals surface area contributed by atoms with Gasteiger partial charge in [-0.25, -0.2) is 14.6 Å². The largest absolute Gasteiger partial charge is 0.377 e. The molecule has 0 radical (unpaired) electrons. The van der Waals surface area contributed by atoms with Crippen molar-refractivity contribution in [3.8, 4) is 0 Å². The van der Waals surface area contributed by atoms with Crippen molar-refractivity contribution in [3.05, 3.63) is 48.0 Å². The standard InChI is InChI=1S/C21H28N8O.HI/c1-22-21(25-16-8-10-20-27-19(14-30-2)28-29(20)13-16)24-12-11-23-18-9-7-15-5-3-4-6-17(15)26-18;/h3-7,9,16H,8,10-14H2,1-2H3,(H,23,26)(H2,22,24,25);1H. The maximum absolute atomic E-state index is 5.13. The zero-order valence-electron chi connectivity index (χ0n) is 17.8. The van der Waals surface area contributed by atoms with Crippen LogP contribution >= 0.6 is 24.0 Å². The van der Waals surface area contributed by atoms with Crippen LogP contribution in [0.3, 0.4) is 0 Å². The second-order valence-electron chi connectivity index (χ2n) is 7.25. The predicted octanol–water partition coefficient (Wildman–Crippen LogP) is 2.18. The molecule has 3 aromatic rings. The van der Waals surface area contributed by atoms with Gasteiger partial charge in [-0.15, -0.1) is 24.0 Å². The average Bonchev–Trinajstić information content (AvgIpc) is 3.17. The number of hydrogen-bond acceptors (Lipinski definition) is 6. The van der Waals surface area contributed by atoms with Crippen molar-refractivity contribution < 1.29 is 4.74 Å². The van der Waals surface area contributed by atoms with Crippen molar-refractivity contribution in [1.29, 1.82) is 0 Å². The fourth-order valence-electron chi connectivity index (χ4n) is 3.59. The van der Waals surface area contributed by atoms with Crippen LogP contribution < -0.4 is 16.0 Å². The lowest BCUT2D eigenvalue weighted by atomic mass is 10.1. The molecule has 31 heavy (non-hydrogen) atoms. The number of guanidine groups is 1. The number of nitrogens with zero attached hydrogens (tertiary/aromatic N) is 5. The highest BCUT2D eigenvalue weighted by atomic mass is 127. The van der Waals surface area contributed by atoms with E-state index in [2.05, 4.69) is 48.1 Å². The highest BCUT2D eigenvalue weighted by Gasteiger charge is 2.22. The SMILES string of the molecule is CN=C(NCCNc1ccc2ccccc2n1)NC1CCc2nc(COC)nn2C1.I. The minimum Gasteiger partial charge on any atom is -0.377 e. The van der Waals surface area contributed by atoms with E-state index in [0.29, 0.717) is 6.61 Å². The number of pyridine rings is 1. The van der Waals surface area contributed by atoms with E-state index in [-0.39, 0.29) is 30.0 Å². The number of anilines is 1. The lowest BCUT2D eigenvalue weighted by Crippen LogP contribution is -2.48. The van der Waals surface area contributed by atoms with Gasteiger partial charge in [0.05, 0.1) is 12.1 Å². The van der Waals surface area contributed by atoms with Gasteiger partial charge in [0.15, 0.2) is 11.8 Å². The van der Waals surface area contributed by atoms with E-state index in [0.717, 1.165) is 66.8 Å². The Morgan fingerprint density at radius 2 is 2.06 bits per heavy atom. The highest BCUT2D eigenvalue weighted by molar-refractivity contribution is 14.0. The molecule has 1 aliphatic rings. The molecule has 166 valence electrons. The Labute approximate surface area is 199 Å². The normalized spacial score (nSPS) is 15.8. The maximum atomic E-state index is 5.13. The molecule has 0 saturated carbocycles. The summed E-state index contributed by atoms with van der Waals surface area (Å²) in [6.07, 6.45) is 1.88. The van der Waals surface area contributed by atoms with Crippen molar-refractivity contribution in [2.24, 2.45) is 4.99 Å². The first-order chi connectivity index (χ1) is 14.7. The summed E-state index contributed by atoms with van der Waals surface area (Å²) < 4.78 is 7.10. The molecule has 0 saturated heterocycles. The van der Waals surface area contributed by atoms with Gasteiger partial charge in [0.25, 0.3) is 0 Å². The molecule has 1 aromatic carbocycles. The second-order valence-corrected chi connectivity index (χ2v) is 7.25. The highest BCUT2D eigenvalue weighted by Crippen LogP contribution is 2.15. The monoisotopic (exact) mass is 536 g/mol. The Bertz CT molecular complexity index is 1020. The molecule has 0 aliphatic carbocycles. The van der Waals surface area contributed by atoms with Crippen LogP contribution in [-0.2, 0) is 24.3 Å². The van der Waals surface area contributed by atoms with E-state index in [1.807, 2.05) is 28.9 Å². The van der Waals surface area contributed by atoms with E-state index < -0.39 is 0 Å². The van der Waals surface area contributed by atoms with Crippen LogP contribution in [0.25, 0.3) is 10.9 Å². The summed E-state index contributed by atoms with van der Waals surface area (Å²) in [4.78, 5) is 13.5. The fraction of sp³-hybridized carbons (Fsp3) is 0.429. The molecule has 2 aromatic heterocycles. The van der Waals surface area contributed by atoms with Crippen LogP contribution in [0.2, 0.25) is 0 Å². The van der Waals surface area contributed by atoms with Gasteiger partial charge in [-0.05, 0) is 24.6 Å². The number of rotatable bonds is 7. The van der Waals surface area contributed by atoms with E-state index >= 15 is 0 Å². The predicted molar refractivity (Wildman–Crippen MR) is 133 cm³/mol. The number of nitrogens with one attached hydrogen (secondary N) is 3. The first kappa shape index (κ1) is 23.2. The average molecular weight is 536 g/mol. The maximum Gasteiger partial charge on any atom is 0.191 e. The molecule has 1 aliphatic heterocycles. The lowest BCUT2D eigenvalue weighted by molar-refractivity contribution is 0.177. The summed E-state index contributed by atoms with van der Waals surface area (Å²) in [5.41, 5.74) is 0.992. The topological polar surface area (TPSA) is 101 Å². The Morgan fingerprint density at radius 1 is 1.19 bits per heavy atom. The number of aliphatic imine (C=N–C) groups is 1. The van der Waals surface area contributed by atoms with Gasteiger partial charge in [0, 0.05) is 45.1 Å². The van der Waals surface area contributed by atoms with Gasteiger partial charge in [0.1, 0.15) is 18.2 Å². The molecule has 1 unspecified atom stereocenters. The second kappa shape index (κ2) is 11.2. The van der Waals surface area contributed by atoms with Gasteiger partial charge in [-0.1, -0.05) is 18.2 Å². The number of hydrogen-bond donors (Lipinski definition) is 3. The van der Waals surface area contributed by atoms with Gasteiger partial charge < -0.3 is 20.7 Å². The molecule has 3 heterocycles. The lowest BCUT2D eigenvalue weighted by Gasteiger charge is -2.25. The number of benzene rings is 1. The number of ether oxygens (including phenoxy) is 1. The van der Waals surface area contributed by atoms with Crippen molar-refractivity contribution >= 4 is 46.7 Å². The first-order valence-corrected chi connectivity index (χ1v) is 10.2. The van der Waals surface area contributed by atoms with Gasteiger partial charge in [-0.2, -0.15) is 5.10 Å². The van der Waals surface area contributed by atoms with Crippen molar-refractivity contribution in [3.63, 3.8) is 0 Å². The summed E-state index contributed by atoms with van der Waals surface area (Å²) >= 11 is 0. The van der Waals surface area contributed by atoms with Crippen LogP contribution in [0.15, 0.2) is 41.4 Å². The Kier molecular flexibility index (Phi) is 8.41. The molecule has 9 nitrogen and oxygen atoms in total. The van der Waals surface area contributed by atoms with Gasteiger partial charge >= 0.3 is 0 Å². The third kappa shape index (κ3) is 6.03. The minimum atomic E-state index is 0. The zero-order chi connectivity index (χ0) is 20.8. The molecular formula is C21H29IN8O. The minimum absolute atomic E-state index is 0. The number of halogens is 1. The van der Waals surface area contributed by atoms with Gasteiger partial charge in [-0.3, -0.25) is 4.99 Å². The summed E-state index contributed by atoms with van der Waals surface area (Å²) in [6.45, 7) is 2.68.